The van der Waals surface area contributed by atoms with Gasteiger partial charge in [0.2, 0.25) is 0 Å². The first-order valence-corrected chi connectivity index (χ1v) is 11.1. The first-order valence-electron chi connectivity index (χ1n) is 11.1. The lowest BCUT2D eigenvalue weighted by molar-refractivity contribution is -0.112. The van der Waals surface area contributed by atoms with Crippen LogP contribution in [-0.2, 0) is 11.3 Å². The molecule has 0 aliphatic heterocycles. The van der Waals surface area contributed by atoms with Crippen LogP contribution in [-0.4, -0.2) is 17.6 Å². The van der Waals surface area contributed by atoms with Gasteiger partial charge in [0.05, 0.1) is 12.8 Å². The van der Waals surface area contributed by atoms with Crippen molar-refractivity contribution in [2.45, 2.75) is 27.3 Å². The Labute approximate surface area is 199 Å². The molecule has 1 amide bonds. The Hall–Kier alpha value is -4.30. The fraction of sp³-hybridized carbons (Fsp3) is 0.172. The quantitative estimate of drug-likeness (QED) is 0.283. The Bertz CT molecular complexity index is 1450. The predicted octanol–water partition coefficient (Wildman–Crippen LogP) is 6.17. The van der Waals surface area contributed by atoms with Crippen molar-refractivity contribution in [2.75, 3.05) is 12.4 Å². The number of anilines is 1. The molecule has 4 rings (SSSR count). The molecule has 0 atom stereocenters. The van der Waals surface area contributed by atoms with Gasteiger partial charge < -0.3 is 14.6 Å². The van der Waals surface area contributed by atoms with Crippen molar-refractivity contribution in [3.63, 3.8) is 0 Å². The number of amides is 1. The first kappa shape index (κ1) is 22.9. The lowest BCUT2D eigenvalue weighted by Gasteiger charge is -2.11. The van der Waals surface area contributed by atoms with E-state index in [0.29, 0.717) is 18.0 Å². The van der Waals surface area contributed by atoms with Crippen LogP contribution < -0.4 is 10.1 Å². The number of benzene rings is 3. The Morgan fingerprint density at radius 2 is 1.79 bits per heavy atom. The van der Waals surface area contributed by atoms with Gasteiger partial charge in [-0.3, -0.25) is 4.79 Å². The van der Waals surface area contributed by atoms with Crippen LogP contribution in [0.2, 0.25) is 0 Å². The Morgan fingerprint density at radius 1 is 1.03 bits per heavy atom. The summed E-state index contributed by atoms with van der Waals surface area (Å²) in [5, 5.41) is 13.7. The van der Waals surface area contributed by atoms with Gasteiger partial charge in [0.15, 0.2) is 0 Å². The maximum Gasteiger partial charge on any atom is 0.266 e. The average molecular weight is 450 g/mol. The van der Waals surface area contributed by atoms with Gasteiger partial charge in [0.25, 0.3) is 5.91 Å². The van der Waals surface area contributed by atoms with Gasteiger partial charge in [0, 0.05) is 28.7 Å². The maximum atomic E-state index is 13.0. The van der Waals surface area contributed by atoms with E-state index >= 15 is 0 Å². The summed E-state index contributed by atoms with van der Waals surface area (Å²) in [5.41, 5.74) is 6.88. The summed E-state index contributed by atoms with van der Waals surface area (Å²) in [5.74, 6) is 0.0727. The van der Waals surface area contributed by atoms with Crippen LogP contribution in [0, 0.1) is 32.1 Å². The zero-order valence-electron chi connectivity index (χ0n) is 19.8. The van der Waals surface area contributed by atoms with Gasteiger partial charge in [-0.05, 0) is 56.2 Å². The number of fused-ring (bicyclic) bond motifs is 1. The lowest BCUT2D eigenvalue weighted by atomic mass is 10.1. The molecule has 170 valence electrons. The van der Waals surface area contributed by atoms with Crippen molar-refractivity contribution in [3.8, 4) is 11.8 Å². The number of methoxy groups -OCH3 is 1. The molecule has 5 nitrogen and oxygen atoms in total. The van der Waals surface area contributed by atoms with E-state index in [0.717, 1.165) is 27.7 Å². The molecule has 5 heteroatoms. The summed E-state index contributed by atoms with van der Waals surface area (Å²) in [6.45, 7) is 6.75. The van der Waals surface area contributed by atoms with Gasteiger partial charge in [-0.1, -0.05) is 54.1 Å². The molecule has 0 saturated carbocycles. The highest BCUT2D eigenvalue weighted by atomic mass is 16.5. The highest BCUT2D eigenvalue weighted by molar-refractivity contribution is 6.11. The summed E-state index contributed by atoms with van der Waals surface area (Å²) >= 11 is 0. The largest absolute Gasteiger partial charge is 0.495 e. The number of hydrogen-bond donors (Lipinski definition) is 1. The number of para-hydroxylation sites is 1. The topological polar surface area (TPSA) is 67.0 Å². The Balaban J connectivity index is 1.75. The lowest BCUT2D eigenvalue weighted by Crippen LogP contribution is -2.14. The third kappa shape index (κ3) is 4.57. The molecule has 0 fully saturated rings. The monoisotopic (exact) mass is 449 g/mol. The number of rotatable bonds is 6. The van der Waals surface area contributed by atoms with Crippen molar-refractivity contribution in [1.29, 1.82) is 5.26 Å². The standard InChI is InChI=1S/C29H27N3O2/c1-19-8-7-9-22(14-19)18-32-21(3)25(24-10-5-6-11-27(24)32)16-23(17-30)29(33)31-26-15-20(2)12-13-28(26)34-4/h5-16H,18H2,1-4H3,(H,31,33)/b23-16+. The van der Waals surface area contributed by atoms with E-state index in [1.54, 1.807) is 19.3 Å². The van der Waals surface area contributed by atoms with Gasteiger partial charge in [-0.2, -0.15) is 5.26 Å². The van der Waals surface area contributed by atoms with Crippen LogP contribution >= 0.6 is 0 Å². The van der Waals surface area contributed by atoms with Crippen LogP contribution in [0.25, 0.3) is 17.0 Å². The summed E-state index contributed by atoms with van der Waals surface area (Å²) in [4.78, 5) is 13.0. The minimum absolute atomic E-state index is 0.0325. The number of aromatic nitrogens is 1. The van der Waals surface area contributed by atoms with Crippen molar-refractivity contribution in [3.05, 3.63) is 100 Å². The summed E-state index contributed by atoms with van der Waals surface area (Å²) < 4.78 is 7.59. The molecule has 3 aromatic carbocycles. The molecule has 0 unspecified atom stereocenters. The molecule has 34 heavy (non-hydrogen) atoms. The summed E-state index contributed by atoms with van der Waals surface area (Å²) in [6, 6.07) is 24.1. The summed E-state index contributed by atoms with van der Waals surface area (Å²) in [7, 11) is 1.55. The second-order valence-electron chi connectivity index (χ2n) is 8.42. The van der Waals surface area contributed by atoms with Crippen molar-refractivity contribution in [2.24, 2.45) is 0 Å². The van der Waals surface area contributed by atoms with E-state index in [4.69, 9.17) is 4.74 Å². The highest BCUT2D eigenvalue weighted by Crippen LogP contribution is 2.30. The number of ether oxygens (including phenoxy) is 1. The minimum atomic E-state index is -0.471. The molecule has 0 aliphatic carbocycles. The fourth-order valence-electron chi connectivity index (χ4n) is 4.24. The number of aryl methyl sites for hydroxylation is 2. The van der Waals surface area contributed by atoms with E-state index in [9.17, 15) is 10.1 Å². The van der Waals surface area contributed by atoms with Gasteiger partial charge in [0.1, 0.15) is 17.4 Å². The Kier molecular flexibility index (Phi) is 6.51. The third-order valence-corrected chi connectivity index (χ3v) is 5.96. The molecule has 0 aliphatic rings. The smallest absolute Gasteiger partial charge is 0.266 e. The van der Waals surface area contributed by atoms with Crippen molar-refractivity contribution in [1.82, 2.24) is 4.57 Å². The molecular formula is C29H27N3O2. The van der Waals surface area contributed by atoms with E-state index in [2.05, 4.69) is 53.2 Å². The maximum absolute atomic E-state index is 13.0. The first-order chi connectivity index (χ1) is 16.4. The molecular weight excluding hydrogens is 422 g/mol. The number of hydrogen-bond acceptors (Lipinski definition) is 3. The van der Waals surface area contributed by atoms with Crippen molar-refractivity contribution < 1.29 is 9.53 Å². The van der Waals surface area contributed by atoms with Gasteiger partial charge in [-0.25, -0.2) is 0 Å². The van der Waals surface area contributed by atoms with E-state index in [1.807, 2.05) is 44.2 Å². The molecule has 4 aromatic rings. The fourth-order valence-corrected chi connectivity index (χ4v) is 4.24. The van der Waals surface area contributed by atoms with Gasteiger partial charge in [-0.15, -0.1) is 0 Å². The number of nitrogens with zero attached hydrogens (tertiary/aromatic N) is 2. The zero-order valence-corrected chi connectivity index (χ0v) is 19.8. The molecule has 1 heterocycles. The molecule has 1 N–H and O–H groups in total. The van der Waals surface area contributed by atoms with Crippen LogP contribution in [0.3, 0.4) is 0 Å². The highest BCUT2D eigenvalue weighted by Gasteiger charge is 2.17. The second kappa shape index (κ2) is 9.68. The molecule has 0 bridgehead atoms. The predicted molar refractivity (Wildman–Crippen MR) is 137 cm³/mol. The van der Waals surface area contributed by atoms with E-state index in [1.165, 1.54) is 11.1 Å². The number of carbonyl (C=O) groups is 1. The number of nitriles is 1. The molecule has 0 saturated heterocycles. The van der Waals surface area contributed by atoms with Gasteiger partial charge >= 0.3 is 0 Å². The zero-order chi connectivity index (χ0) is 24.2. The van der Waals surface area contributed by atoms with Crippen molar-refractivity contribution >= 4 is 28.6 Å². The van der Waals surface area contributed by atoms with Crippen LogP contribution in [0.1, 0.15) is 27.9 Å². The molecule has 1 aromatic heterocycles. The normalized spacial score (nSPS) is 11.3. The van der Waals surface area contributed by atoms with Crippen LogP contribution in [0.4, 0.5) is 5.69 Å². The number of nitrogens with one attached hydrogen (secondary N) is 1. The van der Waals surface area contributed by atoms with E-state index < -0.39 is 5.91 Å². The van der Waals surface area contributed by atoms with E-state index in [-0.39, 0.29) is 5.57 Å². The Morgan fingerprint density at radius 3 is 2.53 bits per heavy atom. The molecule has 0 radical (unpaired) electrons. The third-order valence-electron chi connectivity index (χ3n) is 5.96. The summed E-state index contributed by atoms with van der Waals surface area (Å²) in [6.07, 6.45) is 1.68. The average Bonchev–Trinajstić information content (AvgIpc) is 3.08. The second-order valence-corrected chi connectivity index (χ2v) is 8.42. The minimum Gasteiger partial charge on any atom is -0.495 e. The van der Waals surface area contributed by atoms with Crippen LogP contribution in [0.5, 0.6) is 5.75 Å². The van der Waals surface area contributed by atoms with Crippen LogP contribution in [0.15, 0.2) is 72.3 Å². The molecule has 0 spiro atoms. The number of carbonyl (C=O) groups excluding carboxylic acids is 1. The SMILES string of the molecule is COc1ccc(C)cc1NC(=O)/C(C#N)=C/c1c(C)n(Cc2cccc(C)c2)c2ccccc12.